The van der Waals surface area contributed by atoms with E-state index in [0.717, 1.165) is 11.3 Å². The Morgan fingerprint density at radius 2 is 1.74 bits per heavy atom. The van der Waals surface area contributed by atoms with Crippen molar-refractivity contribution in [2.24, 2.45) is 5.92 Å². The van der Waals surface area contributed by atoms with Crippen molar-refractivity contribution in [3.8, 4) is 0 Å². The summed E-state index contributed by atoms with van der Waals surface area (Å²) in [6.07, 6.45) is 7.02. The van der Waals surface area contributed by atoms with Crippen LogP contribution in [-0.4, -0.2) is 35.1 Å². The largest absolute Gasteiger partial charge is 0.550 e. The van der Waals surface area contributed by atoms with Crippen LogP contribution in [0.3, 0.4) is 0 Å². The number of anilines is 1. The van der Waals surface area contributed by atoms with E-state index in [4.69, 9.17) is 0 Å². The van der Waals surface area contributed by atoms with Crippen molar-refractivity contribution >= 4 is 29.4 Å². The monoisotopic (exact) mass is 371 g/mol. The minimum atomic E-state index is -1.32. The molecule has 144 valence electrons. The number of benzene rings is 1. The van der Waals surface area contributed by atoms with E-state index in [-0.39, 0.29) is 23.6 Å². The molecule has 1 aliphatic carbocycles. The summed E-state index contributed by atoms with van der Waals surface area (Å²) < 4.78 is 0. The number of carbonyl (C=O) groups is 4. The summed E-state index contributed by atoms with van der Waals surface area (Å²) in [6.45, 7) is -0.224. The Balaban J connectivity index is 1.60. The van der Waals surface area contributed by atoms with Gasteiger partial charge >= 0.3 is 0 Å². The smallest absolute Gasteiger partial charge is 0.261 e. The van der Waals surface area contributed by atoms with E-state index in [0.29, 0.717) is 18.0 Å². The van der Waals surface area contributed by atoms with Crippen LogP contribution in [-0.2, 0) is 9.59 Å². The average molecular weight is 371 g/mol. The number of carbonyl (C=O) groups excluding carboxylic acids is 4. The van der Waals surface area contributed by atoms with Gasteiger partial charge in [0.05, 0.1) is 11.1 Å². The second-order valence-corrected chi connectivity index (χ2v) is 7.24. The number of rotatable bonds is 7. The number of carboxylic acid groups (broad SMARTS) is 1. The van der Waals surface area contributed by atoms with Crippen LogP contribution >= 0.6 is 0 Å². The van der Waals surface area contributed by atoms with Gasteiger partial charge in [0, 0.05) is 31.0 Å². The first-order valence-corrected chi connectivity index (χ1v) is 9.45. The van der Waals surface area contributed by atoms with E-state index < -0.39 is 24.2 Å². The van der Waals surface area contributed by atoms with E-state index in [1.807, 2.05) is 0 Å². The fourth-order valence-electron chi connectivity index (χ4n) is 3.81. The molecule has 27 heavy (non-hydrogen) atoms. The lowest BCUT2D eigenvalue weighted by molar-refractivity contribution is -0.305. The summed E-state index contributed by atoms with van der Waals surface area (Å²) in [5, 5.41) is 13.4. The molecule has 0 bridgehead atoms. The number of imide groups is 1. The van der Waals surface area contributed by atoms with Crippen molar-refractivity contribution in [3.63, 3.8) is 0 Å². The highest BCUT2D eigenvalue weighted by Crippen LogP contribution is 2.28. The van der Waals surface area contributed by atoms with E-state index in [9.17, 15) is 24.3 Å². The molecule has 0 saturated heterocycles. The van der Waals surface area contributed by atoms with E-state index in [1.54, 1.807) is 6.07 Å². The zero-order chi connectivity index (χ0) is 19.4. The van der Waals surface area contributed by atoms with Crippen LogP contribution in [0.1, 0.15) is 72.1 Å². The van der Waals surface area contributed by atoms with Gasteiger partial charge in [0.2, 0.25) is 5.91 Å². The maximum atomic E-state index is 12.4. The van der Waals surface area contributed by atoms with Crippen LogP contribution in [0, 0.1) is 5.92 Å². The molecule has 0 atom stereocenters. The molecule has 1 aromatic carbocycles. The number of nitrogens with one attached hydrogen (secondary N) is 1. The molecule has 0 spiro atoms. The molecule has 1 heterocycles. The van der Waals surface area contributed by atoms with Gasteiger partial charge in [0.1, 0.15) is 0 Å². The molecule has 1 saturated carbocycles. The molecule has 1 N–H and O–H groups in total. The van der Waals surface area contributed by atoms with Crippen molar-refractivity contribution in [3.05, 3.63) is 29.3 Å². The van der Waals surface area contributed by atoms with Gasteiger partial charge in [0.25, 0.3) is 11.8 Å². The molecule has 0 unspecified atom stereocenters. The molecular weight excluding hydrogens is 348 g/mol. The molecule has 0 radical (unpaired) electrons. The highest BCUT2D eigenvalue weighted by Gasteiger charge is 2.35. The van der Waals surface area contributed by atoms with Crippen molar-refractivity contribution in [2.45, 2.75) is 51.4 Å². The minimum absolute atomic E-state index is 0.105. The van der Waals surface area contributed by atoms with Crippen LogP contribution in [0.25, 0.3) is 0 Å². The van der Waals surface area contributed by atoms with Gasteiger partial charge in [-0.25, -0.2) is 0 Å². The normalized spacial score (nSPS) is 17.1. The number of fused-ring (bicyclic) bond motifs is 1. The Bertz CT molecular complexity index is 768. The first kappa shape index (κ1) is 19.1. The third-order valence-corrected chi connectivity index (χ3v) is 5.30. The molecule has 7 heteroatoms. The van der Waals surface area contributed by atoms with E-state index in [1.165, 1.54) is 44.2 Å². The molecular formula is C20H23N2O5-. The van der Waals surface area contributed by atoms with Crippen molar-refractivity contribution < 1.29 is 24.3 Å². The summed E-state index contributed by atoms with van der Waals surface area (Å²) in [6, 6.07) is 4.56. The summed E-state index contributed by atoms with van der Waals surface area (Å²) in [4.78, 5) is 48.3. The van der Waals surface area contributed by atoms with Crippen molar-refractivity contribution in [2.75, 3.05) is 11.9 Å². The van der Waals surface area contributed by atoms with Crippen LogP contribution in [0.2, 0.25) is 0 Å². The molecule has 1 aliphatic heterocycles. The quantitative estimate of drug-likeness (QED) is 0.735. The Morgan fingerprint density at radius 3 is 2.44 bits per heavy atom. The lowest BCUT2D eigenvalue weighted by Gasteiger charge is -2.21. The zero-order valence-corrected chi connectivity index (χ0v) is 15.2. The molecule has 0 aromatic heterocycles. The molecule has 7 nitrogen and oxygen atoms in total. The second-order valence-electron chi connectivity index (χ2n) is 7.24. The second kappa shape index (κ2) is 8.33. The molecule has 1 aromatic rings. The third kappa shape index (κ3) is 4.53. The summed E-state index contributed by atoms with van der Waals surface area (Å²) in [5.41, 5.74) is 0.868. The van der Waals surface area contributed by atoms with Crippen LogP contribution in [0.15, 0.2) is 18.2 Å². The zero-order valence-electron chi connectivity index (χ0n) is 15.2. The van der Waals surface area contributed by atoms with Gasteiger partial charge in [-0.15, -0.1) is 0 Å². The number of hydrogen-bond donors (Lipinski definition) is 1. The Morgan fingerprint density at radius 1 is 1.04 bits per heavy atom. The van der Waals surface area contributed by atoms with Crippen LogP contribution in [0.5, 0.6) is 0 Å². The number of nitrogens with zero attached hydrogens (tertiary/aromatic N) is 1. The summed E-state index contributed by atoms with van der Waals surface area (Å²) >= 11 is 0. The summed E-state index contributed by atoms with van der Waals surface area (Å²) in [7, 11) is 0. The fraction of sp³-hybridized carbons (Fsp3) is 0.500. The van der Waals surface area contributed by atoms with Crippen LogP contribution < -0.4 is 10.4 Å². The standard InChI is InChI=1S/C20H24N2O5/c23-17(9-6-13-4-2-1-3-5-13)21-14-7-8-15-16(12-14)20(27)22(19(15)26)11-10-18(24)25/h7-8,12-13H,1-6,9-11H2,(H,21,23)(H,24,25)/p-1. The molecule has 3 amide bonds. The lowest BCUT2D eigenvalue weighted by atomic mass is 9.86. The number of aliphatic carboxylic acids is 1. The first-order chi connectivity index (χ1) is 13.0. The van der Waals surface area contributed by atoms with Crippen molar-refractivity contribution in [1.29, 1.82) is 0 Å². The van der Waals surface area contributed by atoms with Gasteiger partial charge in [-0.05, 0) is 30.5 Å². The summed E-state index contributed by atoms with van der Waals surface area (Å²) in [5.74, 6) is -1.88. The lowest BCUT2D eigenvalue weighted by Crippen LogP contribution is -2.34. The van der Waals surface area contributed by atoms with Gasteiger partial charge in [0.15, 0.2) is 0 Å². The minimum Gasteiger partial charge on any atom is -0.550 e. The topological polar surface area (TPSA) is 107 Å². The SMILES string of the molecule is O=C([O-])CCN1C(=O)c2ccc(NC(=O)CCC3CCCCC3)cc2C1=O. The Hall–Kier alpha value is -2.70. The Labute approximate surface area is 157 Å². The average Bonchev–Trinajstić information content (AvgIpc) is 2.89. The molecule has 3 rings (SSSR count). The first-order valence-electron chi connectivity index (χ1n) is 9.45. The Kier molecular flexibility index (Phi) is 5.88. The fourth-order valence-corrected chi connectivity index (χ4v) is 3.81. The highest BCUT2D eigenvalue weighted by molar-refractivity contribution is 6.22. The molecule has 1 fully saturated rings. The maximum absolute atomic E-state index is 12.4. The van der Waals surface area contributed by atoms with Gasteiger partial charge < -0.3 is 15.2 Å². The molecule has 2 aliphatic rings. The van der Waals surface area contributed by atoms with Crippen LogP contribution in [0.4, 0.5) is 5.69 Å². The predicted octanol–water partition coefficient (Wildman–Crippen LogP) is 1.72. The van der Waals surface area contributed by atoms with Gasteiger partial charge in [-0.2, -0.15) is 0 Å². The van der Waals surface area contributed by atoms with E-state index >= 15 is 0 Å². The number of hydrogen-bond acceptors (Lipinski definition) is 5. The maximum Gasteiger partial charge on any atom is 0.261 e. The number of amides is 3. The van der Waals surface area contributed by atoms with Gasteiger partial charge in [-0.3, -0.25) is 19.3 Å². The van der Waals surface area contributed by atoms with Crippen molar-refractivity contribution in [1.82, 2.24) is 4.90 Å². The number of carboxylic acids is 1. The van der Waals surface area contributed by atoms with Gasteiger partial charge in [-0.1, -0.05) is 32.1 Å². The predicted molar refractivity (Wildman–Crippen MR) is 95.9 cm³/mol. The van der Waals surface area contributed by atoms with E-state index in [2.05, 4.69) is 5.32 Å². The third-order valence-electron chi connectivity index (χ3n) is 5.30. The highest BCUT2D eigenvalue weighted by atomic mass is 16.4.